The topological polar surface area (TPSA) is 13.1 Å². The van der Waals surface area contributed by atoms with Crippen molar-refractivity contribution in [2.24, 2.45) is 5.92 Å². The van der Waals surface area contributed by atoms with Crippen LogP contribution in [0.15, 0.2) is 98.9 Å². The van der Waals surface area contributed by atoms with E-state index in [1.807, 2.05) is 6.07 Å². The average molecular weight is 618 g/mol. The van der Waals surface area contributed by atoms with Crippen molar-refractivity contribution >= 4 is 12.6 Å². The summed E-state index contributed by atoms with van der Waals surface area (Å²) in [5, 5.41) is 0. The molecule has 2 heteroatoms. The van der Waals surface area contributed by atoms with E-state index in [9.17, 15) is 0 Å². The molecular formula is C39H42OZr. The fourth-order valence-electron chi connectivity index (χ4n) is 6.26. The van der Waals surface area contributed by atoms with E-state index in [0.717, 1.165) is 18.6 Å². The fourth-order valence-corrected chi connectivity index (χ4v) is 13.5. The number of fused-ring (bicyclic) bond motifs is 3. The van der Waals surface area contributed by atoms with Gasteiger partial charge in [-0.1, -0.05) is 0 Å². The molecule has 0 bridgehead atoms. The van der Waals surface area contributed by atoms with E-state index >= 15 is 0 Å². The molecule has 0 spiro atoms. The van der Waals surface area contributed by atoms with Gasteiger partial charge in [-0.2, -0.15) is 0 Å². The molecule has 0 saturated heterocycles. The van der Waals surface area contributed by atoms with E-state index in [1.165, 1.54) is 39.0 Å². The fraction of sp³-hybridized carbons (Fsp3) is 0.308. The van der Waals surface area contributed by atoms with Crippen LogP contribution in [0, 0.1) is 5.92 Å². The van der Waals surface area contributed by atoms with Crippen LogP contribution in [-0.2, 0) is 44.9 Å². The van der Waals surface area contributed by atoms with Crippen molar-refractivity contribution in [1.82, 2.24) is 0 Å². The third-order valence-electron chi connectivity index (χ3n) is 8.77. The maximum absolute atomic E-state index is 5.85. The molecular weight excluding hydrogens is 576 g/mol. The van der Waals surface area contributed by atoms with Gasteiger partial charge in [0.25, 0.3) is 0 Å². The monoisotopic (exact) mass is 616 g/mol. The minimum atomic E-state index is -2.49. The van der Waals surface area contributed by atoms with Crippen LogP contribution in [0.1, 0.15) is 82.0 Å². The minimum absolute atomic E-state index is 0.0785. The van der Waals surface area contributed by atoms with Gasteiger partial charge in [-0.3, -0.25) is 0 Å². The van der Waals surface area contributed by atoms with Crippen molar-refractivity contribution < 1.29 is 25.7 Å². The molecule has 208 valence electrons. The van der Waals surface area contributed by atoms with E-state index in [2.05, 4.69) is 131 Å². The Balaban J connectivity index is 1.56. The average Bonchev–Trinajstić information content (AvgIpc) is 3.67. The zero-order chi connectivity index (χ0) is 28.9. The molecule has 6 rings (SSSR count). The number of rotatable bonds is 5. The summed E-state index contributed by atoms with van der Waals surface area (Å²) in [7, 11) is 0. The summed E-state index contributed by atoms with van der Waals surface area (Å²) < 4.78 is 11.9. The summed E-state index contributed by atoms with van der Waals surface area (Å²) in [6.07, 6.45) is 8.75. The molecule has 0 saturated carbocycles. The van der Waals surface area contributed by atoms with Gasteiger partial charge >= 0.3 is 255 Å². The quantitative estimate of drug-likeness (QED) is 0.192. The number of benzene rings is 3. The van der Waals surface area contributed by atoms with E-state index in [-0.39, 0.29) is 10.8 Å². The van der Waals surface area contributed by atoms with Crippen LogP contribution >= 0.6 is 0 Å². The maximum atomic E-state index is 5.85. The molecule has 1 heterocycles. The van der Waals surface area contributed by atoms with Crippen LogP contribution < -0.4 is 3.27 Å². The van der Waals surface area contributed by atoms with Crippen LogP contribution in [0.3, 0.4) is 0 Å². The summed E-state index contributed by atoms with van der Waals surface area (Å²) in [6.45, 7) is 16.5. The second-order valence-electron chi connectivity index (χ2n) is 13.9. The van der Waals surface area contributed by atoms with Gasteiger partial charge in [-0.05, 0) is 0 Å². The zero-order valence-corrected chi connectivity index (χ0v) is 28.1. The predicted molar refractivity (Wildman–Crippen MR) is 172 cm³/mol. The molecule has 41 heavy (non-hydrogen) atoms. The van der Waals surface area contributed by atoms with Gasteiger partial charge in [0.05, 0.1) is 0 Å². The van der Waals surface area contributed by atoms with Crippen LogP contribution in [0.2, 0.25) is 0 Å². The first-order valence-electron chi connectivity index (χ1n) is 15.0. The number of hydrogen-bond donors (Lipinski definition) is 0. The summed E-state index contributed by atoms with van der Waals surface area (Å²) in [5.74, 6) is 1.40. The van der Waals surface area contributed by atoms with Crippen molar-refractivity contribution in [3.8, 4) is 11.1 Å². The van der Waals surface area contributed by atoms with Gasteiger partial charge in [-0.15, -0.1) is 0 Å². The Labute approximate surface area is 254 Å². The Kier molecular flexibility index (Phi) is 7.44. The second kappa shape index (κ2) is 10.8. The molecule has 1 aromatic heterocycles. The molecule has 1 atom stereocenters. The standard InChI is InChI=1S/C21H25.C10H9O.C8H8.Zr/c1-20(2,3)16-9-7-14-11-15-8-10-17(21(4,5)6)13-19(15)18(14)12-16;1-8-4-5-9(7-8)10-3-2-6-11-10;1-2-8-6-4-3-5-7-8;/h7,9-10,12-13H,11H2,1-6H3;2-3,5-8H,1H3;1,3-7H,2H2;. The van der Waals surface area contributed by atoms with Gasteiger partial charge < -0.3 is 0 Å². The van der Waals surface area contributed by atoms with Gasteiger partial charge in [0.2, 0.25) is 0 Å². The molecule has 3 aromatic carbocycles. The van der Waals surface area contributed by atoms with Crippen molar-refractivity contribution in [1.29, 1.82) is 0 Å². The van der Waals surface area contributed by atoms with Gasteiger partial charge in [0.1, 0.15) is 0 Å². The van der Waals surface area contributed by atoms with Gasteiger partial charge in [0, 0.05) is 0 Å². The molecule has 1 unspecified atom stereocenters. The van der Waals surface area contributed by atoms with E-state index in [4.69, 9.17) is 4.42 Å². The number of hydrogen-bond acceptors (Lipinski definition) is 1. The molecule has 0 N–H and O–H groups in total. The first-order valence-corrected chi connectivity index (χ1v) is 18.9. The van der Waals surface area contributed by atoms with Crippen LogP contribution in [0.4, 0.5) is 0 Å². The SMILES string of the molecule is CC1C=C(c2ccco2)C=[C]1/[Zr](=[CH]/Cc1ccccc1)[c]1cc(C(C)(C)C)cc2c1Cc1ccc(C(C)(C)C)cc1-2. The first-order chi connectivity index (χ1) is 19.5. The molecule has 0 radical (unpaired) electrons. The number of allylic oxidation sites excluding steroid dienone is 4. The summed E-state index contributed by atoms with van der Waals surface area (Å²) >= 11 is -2.49. The van der Waals surface area contributed by atoms with Crippen LogP contribution in [0.5, 0.6) is 0 Å². The predicted octanol–water partition coefficient (Wildman–Crippen LogP) is 9.35. The van der Waals surface area contributed by atoms with Crippen LogP contribution in [0.25, 0.3) is 16.7 Å². The Hall–Kier alpha value is -2.83. The summed E-state index contributed by atoms with van der Waals surface area (Å²) in [6, 6.07) is 27.5. The van der Waals surface area contributed by atoms with Crippen LogP contribution in [-0.4, -0.2) is 3.71 Å². The number of furan rings is 1. The molecule has 0 fully saturated rings. The van der Waals surface area contributed by atoms with Crippen molar-refractivity contribution in [3.05, 3.63) is 128 Å². The second-order valence-corrected chi connectivity index (χ2v) is 19.7. The van der Waals surface area contributed by atoms with E-state index < -0.39 is 21.3 Å². The molecule has 2 aliphatic carbocycles. The Morgan fingerprint density at radius 2 is 1.56 bits per heavy atom. The van der Waals surface area contributed by atoms with Gasteiger partial charge in [-0.25, -0.2) is 0 Å². The summed E-state index contributed by atoms with van der Waals surface area (Å²) in [4.78, 5) is 0. The Morgan fingerprint density at radius 3 is 2.24 bits per heavy atom. The molecule has 1 nitrogen and oxygen atoms in total. The molecule has 4 aromatic rings. The van der Waals surface area contributed by atoms with E-state index in [0.29, 0.717) is 5.92 Å². The molecule has 0 aliphatic heterocycles. The third-order valence-corrected chi connectivity index (χ3v) is 15.8. The Bertz CT molecular complexity index is 1680. The first kappa shape index (κ1) is 28.3. The van der Waals surface area contributed by atoms with Crippen molar-refractivity contribution in [2.75, 3.05) is 0 Å². The van der Waals surface area contributed by atoms with Crippen molar-refractivity contribution in [2.45, 2.75) is 72.1 Å². The summed E-state index contributed by atoms with van der Waals surface area (Å²) in [5.41, 5.74) is 11.7. The third kappa shape index (κ3) is 5.66. The Morgan fingerprint density at radius 1 is 0.829 bits per heavy atom. The molecule has 2 aliphatic rings. The zero-order valence-electron chi connectivity index (χ0n) is 25.6. The molecule has 0 amide bonds. The van der Waals surface area contributed by atoms with Crippen molar-refractivity contribution in [3.63, 3.8) is 0 Å². The van der Waals surface area contributed by atoms with E-state index in [1.54, 1.807) is 18.4 Å². The van der Waals surface area contributed by atoms with Gasteiger partial charge in [0.15, 0.2) is 0 Å². The normalized spacial score (nSPS) is 16.9.